The zero-order valence-electron chi connectivity index (χ0n) is 15.5. The Balaban J connectivity index is 1.81. The molecule has 3 rings (SSSR count). The second-order valence-electron chi connectivity index (χ2n) is 6.21. The molecule has 5 nitrogen and oxygen atoms in total. The molecular formula is C21H23N3O2. The van der Waals surface area contributed by atoms with Crippen LogP contribution in [-0.4, -0.2) is 22.8 Å². The number of amides is 1. The number of nitrogens with one attached hydrogen (secondary N) is 1. The van der Waals surface area contributed by atoms with E-state index in [2.05, 4.69) is 10.4 Å². The molecule has 0 spiro atoms. The van der Waals surface area contributed by atoms with Crippen molar-refractivity contribution in [2.24, 2.45) is 0 Å². The summed E-state index contributed by atoms with van der Waals surface area (Å²) in [6.07, 6.45) is 0. The normalized spacial score (nSPS) is 10.6. The van der Waals surface area contributed by atoms with Crippen molar-refractivity contribution in [1.82, 2.24) is 15.1 Å². The standard InChI is InChI=1S/C21H23N3O2/c1-14-18(11-8-12-20(14)26-4)21(25)22-13-19-15(2)23-24(16(19)3)17-9-6-5-7-10-17/h5-12H,13H2,1-4H3,(H,22,25). The third-order valence-electron chi connectivity index (χ3n) is 4.62. The van der Waals surface area contributed by atoms with Crippen molar-refractivity contribution >= 4 is 5.91 Å². The van der Waals surface area contributed by atoms with Crippen LogP contribution < -0.4 is 10.1 Å². The number of para-hydroxylation sites is 1. The number of hydrogen-bond donors (Lipinski definition) is 1. The number of hydrogen-bond acceptors (Lipinski definition) is 3. The van der Waals surface area contributed by atoms with E-state index in [1.165, 1.54) is 0 Å². The highest BCUT2D eigenvalue weighted by molar-refractivity contribution is 5.96. The van der Waals surface area contributed by atoms with E-state index in [-0.39, 0.29) is 5.91 Å². The van der Waals surface area contributed by atoms with Gasteiger partial charge in [-0.1, -0.05) is 24.3 Å². The topological polar surface area (TPSA) is 56.1 Å². The van der Waals surface area contributed by atoms with Crippen molar-refractivity contribution in [1.29, 1.82) is 0 Å². The molecule has 134 valence electrons. The molecule has 0 fully saturated rings. The first-order chi connectivity index (χ1) is 12.5. The van der Waals surface area contributed by atoms with Crippen molar-refractivity contribution in [2.45, 2.75) is 27.3 Å². The van der Waals surface area contributed by atoms with Gasteiger partial charge in [0.25, 0.3) is 5.91 Å². The minimum absolute atomic E-state index is 0.118. The summed E-state index contributed by atoms with van der Waals surface area (Å²) in [7, 11) is 1.61. The van der Waals surface area contributed by atoms with E-state index in [0.717, 1.165) is 28.2 Å². The van der Waals surface area contributed by atoms with Crippen LogP contribution in [0.4, 0.5) is 0 Å². The van der Waals surface area contributed by atoms with Gasteiger partial charge in [0.15, 0.2) is 0 Å². The lowest BCUT2D eigenvalue weighted by atomic mass is 10.1. The van der Waals surface area contributed by atoms with Crippen LogP contribution in [0.1, 0.15) is 32.9 Å². The highest BCUT2D eigenvalue weighted by atomic mass is 16.5. The van der Waals surface area contributed by atoms with Gasteiger partial charge in [-0.25, -0.2) is 4.68 Å². The maximum absolute atomic E-state index is 12.6. The predicted molar refractivity (Wildman–Crippen MR) is 102 cm³/mol. The largest absolute Gasteiger partial charge is 0.496 e. The zero-order chi connectivity index (χ0) is 18.7. The van der Waals surface area contributed by atoms with E-state index in [1.54, 1.807) is 13.2 Å². The van der Waals surface area contributed by atoms with Gasteiger partial charge in [-0.05, 0) is 45.0 Å². The summed E-state index contributed by atoms with van der Waals surface area (Å²) in [5.41, 5.74) is 5.43. The molecule has 0 saturated carbocycles. The van der Waals surface area contributed by atoms with Crippen LogP contribution in [0.15, 0.2) is 48.5 Å². The van der Waals surface area contributed by atoms with Crippen molar-refractivity contribution in [3.63, 3.8) is 0 Å². The van der Waals surface area contributed by atoms with Crippen LogP contribution in [0.2, 0.25) is 0 Å². The lowest BCUT2D eigenvalue weighted by Crippen LogP contribution is -2.24. The number of carbonyl (C=O) groups is 1. The number of aryl methyl sites for hydroxylation is 1. The maximum Gasteiger partial charge on any atom is 0.251 e. The van der Waals surface area contributed by atoms with Gasteiger partial charge >= 0.3 is 0 Å². The molecule has 0 radical (unpaired) electrons. The Morgan fingerprint density at radius 1 is 1.08 bits per heavy atom. The van der Waals surface area contributed by atoms with Gasteiger partial charge in [0.05, 0.1) is 18.5 Å². The monoisotopic (exact) mass is 349 g/mol. The number of methoxy groups -OCH3 is 1. The molecule has 1 heterocycles. The molecular weight excluding hydrogens is 326 g/mol. The maximum atomic E-state index is 12.6. The first-order valence-corrected chi connectivity index (χ1v) is 8.55. The van der Waals surface area contributed by atoms with Gasteiger partial charge in [0.2, 0.25) is 0 Å². The number of nitrogens with zero attached hydrogens (tertiary/aromatic N) is 2. The average molecular weight is 349 g/mol. The van der Waals surface area contributed by atoms with Gasteiger partial charge < -0.3 is 10.1 Å². The second-order valence-corrected chi connectivity index (χ2v) is 6.21. The molecule has 0 atom stereocenters. The Labute approximate surface area is 153 Å². The van der Waals surface area contributed by atoms with E-state index < -0.39 is 0 Å². The van der Waals surface area contributed by atoms with Crippen LogP contribution in [0, 0.1) is 20.8 Å². The number of carbonyl (C=O) groups excluding carboxylic acids is 1. The molecule has 0 aliphatic carbocycles. The van der Waals surface area contributed by atoms with E-state index in [4.69, 9.17) is 4.74 Å². The molecule has 2 aromatic carbocycles. The van der Waals surface area contributed by atoms with Crippen molar-refractivity contribution in [3.8, 4) is 11.4 Å². The van der Waals surface area contributed by atoms with Gasteiger partial charge in [0, 0.05) is 28.9 Å². The summed E-state index contributed by atoms with van der Waals surface area (Å²) >= 11 is 0. The molecule has 1 aromatic heterocycles. The SMILES string of the molecule is COc1cccc(C(=O)NCc2c(C)nn(-c3ccccc3)c2C)c1C. The summed E-state index contributed by atoms with van der Waals surface area (Å²) in [6.45, 7) is 6.30. The van der Waals surface area contributed by atoms with Crippen LogP contribution in [-0.2, 0) is 6.54 Å². The molecule has 3 aromatic rings. The van der Waals surface area contributed by atoms with Crippen LogP contribution in [0.3, 0.4) is 0 Å². The Morgan fingerprint density at radius 3 is 2.50 bits per heavy atom. The number of benzene rings is 2. The van der Waals surface area contributed by atoms with E-state index in [0.29, 0.717) is 17.9 Å². The second kappa shape index (κ2) is 7.44. The fourth-order valence-corrected chi connectivity index (χ4v) is 3.10. The van der Waals surface area contributed by atoms with E-state index >= 15 is 0 Å². The highest BCUT2D eigenvalue weighted by Crippen LogP contribution is 2.21. The number of ether oxygens (including phenoxy) is 1. The minimum atomic E-state index is -0.118. The zero-order valence-corrected chi connectivity index (χ0v) is 15.5. The Bertz CT molecular complexity index is 930. The summed E-state index contributed by atoms with van der Waals surface area (Å²) in [6, 6.07) is 15.5. The predicted octanol–water partition coefficient (Wildman–Crippen LogP) is 3.74. The lowest BCUT2D eigenvalue weighted by Gasteiger charge is -2.11. The smallest absolute Gasteiger partial charge is 0.251 e. The molecule has 26 heavy (non-hydrogen) atoms. The molecule has 1 N–H and O–H groups in total. The Kier molecular flexibility index (Phi) is 5.07. The number of aromatic nitrogens is 2. The van der Waals surface area contributed by atoms with Crippen LogP contribution in [0.5, 0.6) is 5.75 Å². The van der Waals surface area contributed by atoms with Crippen molar-refractivity contribution in [2.75, 3.05) is 7.11 Å². The van der Waals surface area contributed by atoms with E-state index in [9.17, 15) is 4.79 Å². The molecule has 0 unspecified atom stereocenters. The molecule has 0 aliphatic rings. The van der Waals surface area contributed by atoms with Gasteiger partial charge in [-0.2, -0.15) is 5.10 Å². The van der Waals surface area contributed by atoms with Gasteiger partial charge in [0.1, 0.15) is 5.75 Å². The minimum Gasteiger partial charge on any atom is -0.496 e. The summed E-state index contributed by atoms with van der Waals surface area (Å²) in [4.78, 5) is 12.6. The molecule has 5 heteroatoms. The average Bonchev–Trinajstić information content (AvgIpc) is 2.94. The Morgan fingerprint density at radius 2 is 1.81 bits per heavy atom. The Hall–Kier alpha value is -3.08. The van der Waals surface area contributed by atoms with Gasteiger partial charge in [-0.3, -0.25) is 4.79 Å². The fraction of sp³-hybridized carbons (Fsp3) is 0.238. The third-order valence-corrected chi connectivity index (χ3v) is 4.62. The molecule has 0 bridgehead atoms. The molecule has 0 aliphatic heterocycles. The third kappa shape index (κ3) is 3.33. The summed E-state index contributed by atoms with van der Waals surface area (Å²) < 4.78 is 7.21. The lowest BCUT2D eigenvalue weighted by molar-refractivity contribution is 0.0950. The van der Waals surface area contributed by atoms with Gasteiger partial charge in [-0.15, -0.1) is 0 Å². The molecule has 0 saturated heterocycles. The number of rotatable bonds is 5. The first kappa shape index (κ1) is 17.7. The van der Waals surface area contributed by atoms with Crippen LogP contribution in [0.25, 0.3) is 5.69 Å². The fourth-order valence-electron chi connectivity index (χ4n) is 3.10. The van der Waals surface area contributed by atoms with Crippen LogP contribution >= 0.6 is 0 Å². The van der Waals surface area contributed by atoms with Crippen molar-refractivity contribution < 1.29 is 9.53 Å². The molecule has 1 amide bonds. The quantitative estimate of drug-likeness (QED) is 0.763. The van der Waals surface area contributed by atoms with E-state index in [1.807, 2.05) is 67.9 Å². The first-order valence-electron chi connectivity index (χ1n) is 8.55. The summed E-state index contributed by atoms with van der Waals surface area (Å²) in [5, 5.41) is 7.63. The summed E-state index contributed by atoms with van der Waals surface area (Å²) in [5.74, 6) is 0.592. The highest BCUT2D eigenvalue weighted by Gasteiger charge is 2.16. The van der Waals surface area contributed by atoms with Crippen molar-refractivity contribution in [3.05, 3.63) is 76.6 Å².